The summed E-state index contributed by atoms with van der Waals surface area (Å²) in [6, 6.07) is 5.16. The molecule has 0 saturated carbocycles. The molecule has 0 spiro atoms. The van der Waals surface area contributed by atoms with Gasteiger partial charge in [-0.25, -0.2) is 9.97 Å². The highest BCUT2D eigenvalue weighted by Gasteiger charge is 2.11. The highest BCUT2D eigenvalue weighted by atomic mass is 16.5. The second kappa shape index (κ2) is 5.53. The molecular formula is C13H15N3O3. The van der Waals surface area contributed by atoms with Gasteiger partial charge in [-0.3, -0.25) is 0 Å². The third-order valence-electron chi connectivity index (χ3n) is 2.69. The van der Waals surface area contributed by atoms with Crippen LogP contribution in [0.5, 0.6) is 17.4 Å². The van der Waals surface area contributed by atoms with Crippen LogP contribution in [0.25, 0.3) is 0 Å². The van der Waals surface area contributed by atoms with Crippen molar-refractivity contribution in [1.82, 2.24) is 9.97 Å². The number of nitrogen functional groups attached to an aromatic ring is 1. The first-order valence-electron chi connectivity index (χ1n) is 5.68. The Morgan fingerprint density at radius 3 is 2.74 bits per heavy atom. The SMILES string of the molecule is COc1cc(CO)ccc1Oc1ncnc(N)c1C. The first-order valence-corrected chi connectivity index (χ1v) is 5.68. The van der Waals surface area contributed by atoms with E-state index in [1.807, 2.05) is 0 Å². The molecule has 0 saturated heterocycles. The summed E-state index contributed by atoms with van der Waals surface area (Å²) in [5.41, 5.74) is 7.10. The normalized spacial score (nSPS) is 10.3. The molecule has 100 valence electrons. The van der Waals surface area contributed by atoms with Crippen molar-refractivity contribution in [3.8, 4) is 17.4 Å². The van der Waals surface area contributed by atoms with E-state index in [1.54, 1.807) is 25.1 Å². The Kier molecular flexibility index (Phi) is 3.82. The molecule has 1 aromatic carbocycles. The summed E-state index contributed by atoms with van der Waals surface area (Å²) in [6.07, 6.45) is 1.34. The van der Waals surface area contributed by atoms with Crippen molar-refractivity contribution in [1.29, 1.82) is 0 Å². The van der Waals surface area contributed by atoms with Gasteiger partial charge in [-0.1, -0.05) is 6.07 Å². The highest BCUT2D eigenvalue weighted by Crippen LogP contribution is 2.33. The van der Waals surface area contributed by atoms with Gasteiger partial charge in [0.1, 0.15) is 12.1 Å². The standard InChI is InChI=1S/C13H15N3O3/c1-8-12(14)15-7-16-13(8)19-10-4-3-9(6-17)5-11(10)18-2/h3-5,7,17H,6H2,1-2H3,(H2,14,15,16). The number of hydrogen-bond acceptors (Lipinski definition) is 6. The summed E-state index contributed by atoms with van der Waals surface area (Å²) < 4.78 is 10.9. The molecule has 0 aliphatic heterocycles. The molecule has 0 amide bonds. The summed E-state index contributed by atoms with van der Waals surface area (Å²) in [4.78, 5) is 7.91. The third-order valence-corrected chi connectivity index (χ3v) is 2.69. The van der Waals surface area contributed by atoms with Gasteiger partial charge in [-0.2, -0.15) is 0 Å². The maximum absolute atomic E-state index is 9.09. The Hall–Kier alpha value is -2.34. The zero-order valence-corrected chi connectivity index (χ0v) is 10.8. The van der Waals surface area contributed by atoms with Crippen LogP contribution < -0.4 is 15.2 Å². The maximum atomic E-state index is 9.09. The lowest BCUT2D eigenvalue weighted by Gasteiger charge is -2.12. The fourth-order valence-corrected chi connectivity index (χ4v) is 1.55. The first-order chi connectivity index (χ1) is 9.15. The van der Waals surface area contributed by atoms with Crippen molar-refractivity contribution in [2.45, 2.75) is 13.5 Å². The molecule has 0 unspecified atom stereocenters. The largest absolute Gasteiger partial charge is 0.493 e. The first kappa shape index (κ1) is 13.1. The Morgan fingerprint density at radius 1 is 1.26 bits per heavy atom. The van der Waals surface area contributed by atoms with Crippen LogP contribution in [0, 0.1) is 6.92 Å². The van der Waals surface area contributed by atoms with Crippen molar-refractivity contribution in [2.24, 2.45) is 0 Å². The predicted molar refractivity (Wildman–Crippen MR) is 70.2 cm³/mol. The topological polar surface area (TPSA) is 90.5 Å². The lowest BCUT2D eigenvalue weighted by atomic mass is 10.2. The van der Waals surface area contributed by atoms with Crippen LogP contribution in [0.4, 0.5) is 5.82 Å². The molecule has 0 bridgehead atoms. The molecule has 0 aliphatic carbocycles. The van der Waals surface area contributed by atoms with Gasteiger partial charge in [-0.05, 0) is 24.6 Å². The van der Waals surface area contributed by atoms with Gasteiger partial charge >= 0.3 is 0 Å². The third kappa shape index (κ3) is 2.74. The lowest BCUT2D eigenvalue weighted by Crippen LogP contribution is -2.00. The van der Waals surface area contributed by atoms with Gasteiger partial charge < -0.3 is 20.3 Å². The van der Waals surface area contributed by atoms with Crippen LogP contribution in [0.1, 0.15) is 11.1 Å². The lowest BCUT2D eigenvalue weighted by molar-refractivity contribution is 0.280. The van der Waals surface area contributed by atoms with Crippen LogP contribution in [-0.4, -0.2) is 22.2 Å². The van der Waals surface area contributed by atoms with E-state index in [-0.39, 0.29) is 6.61 Å². The zero-order valence-electron chi connectivity index (χ0n) is 10.8. The Bertz CT molecular complexity index is 587. The molecule has 2 aromatic rings. The number of nitrogens with two attached hydrogens (primary N) is 1. The van der Waals surface area contributed by atoms with E-state index >= 15 is 0 Å². The van der Waals surface area contributed by atoms with Gasteiger partial charge in [0, 0.05) is 0 Å². The van der Waals surface area contributed by atoms with Crippen molar-refractivity contribution >= 4 is 5.82 Å². The molecule has 1 aromatic heterocycles. The molecule has 0 aliphatic rings. The van der Waals surface area contributed by atoms with Gasteiger partial charge in [0.05, 0.1) is 19.3 Å². The van der Waals surface area contributed by atoms with E-state index < -0.39 is 0 Å². The van der Waals surface area contributed by atoms with Crippen LogP contribution >= 0.6 is 0 Å². The molecule has 19 heavy (non-hydrogen) atoms. The Labute approximate surface area is 110 Å². The van der Waals surface area contributed by atoms with E-state index in [1.165, 1.54) is 13.4 Å². The quantitative estimate of drug-likeness (QED) is 0.869. The average molecular weight is 261 g/mol. The van der Waals surface area contributed by atoms with Gasteiger partial charge in [0.15, 0.2) is 11.5 Å². The van der Waals surface area contributed by atoms with E-state index in [9.17, 15) is 0 Å². The molecule has 6 heteroatoms. The molecule has 3 N–H and O–H groups in total. The molecule has 1 heterocycles. The molecule has 0 fully saturated rings. The van der Waals surface area contributed by atoms with Crippen molar-refractivity contribution < 1.29 is 14.6 Å². The molecular weight excluding hydrogens is 246 g/mol. The van der Waals surface area contributed by atoms with E-state index in [4.69, 9.17) is 20.3 Å². The maximum Gasteiger partial charge on any atom is 0.227 e. The molecule has 0 radical (unpaired) electrons. The summed E-state index contributed by atoms with van der Waals surface area (Å²) >= 11 is 0. The molecule has 6 nitrogen and oxygen atoms in total. The number of hydrogen-bond donors (Lipinski definition) is 2. The number of aliphatic hydroxyl groups is 1. The molecule has 0 atom stereocenters. The minimum absolute atomic E-state index is 0.0594. The fourth-order valence-electron chi connectivity index (χ4n) is 1.55. The minimum Gasteiger partial charge on any atom is -0.493 e. The van der Waals surface area contributed by atoms with Gasteiger partial charge in [-0.15, -0.1) is 0 Å². The zero-order chi connectivity index (χ0) is 13.8. The summed E-state index contributed by atoms with van der Waals surface area (Å²) in [6.45, 7) is 1.72. The monoisotopic (exact) mass is 261 g/mol. The van der Waals surface area contributed by atoms with Crippen LogP contribution in [-0.2, 0) is 6.61 Å². The number of aromatic nitrogens is 2. The number of methoxy groups -OCH3 is 1. The highest BCUT2D eigenvalue weighted by molar-refractivity contribution is 5.48. The average Bonchev–Trinajstić information content (AvgIpc) is 2.44. The Morgan fingerprint density at radius 2 is 2.05 bits per heavy atom. The number of rotatable bonds is 4. The number of anilines is 1. The summed E-state index contributed by atoms with van der Waals surface area (Å²) in [5, 5.41) is 9.09. The minimum atomic E-state index is -0.0594. The fraction of sp³-hybridized carbons (Fsp3) is 0.231. The number of nitrogens with zero attached hydrogens (tertiary/aromatic N) is 2. The van der Waals surface area contributed by atoms with Crippen LogP contribution in [0.2, 0.25) is 0 Å². The summed E-state index contributed by atoms with van der Waals surface area (Å²) in [5.74, 6) is 1.77. The van der Waals surface area contributed by atoms with Gasteiger partial charge in [0.25, 0.3) is 0 Å². The van der Waals surface area contributed by atoms with Crippen LogP contribution in [0.3, 0.4) is 0 Å². The number of aliphatic hydroxyl groups excluding tert-OH is 1. The second-order valence-corrected chi connectivity index (χ2v) is 3.93. The van der Waals surface area contributed by atoms with E-state index in [2.05, 4.69) is 9.97 Å². The Balaban J connectivity index is 2.35. The summed E-state index contributed by atoms with van der Waals surface area (Å²) in [7, 11) is 1.53. The van der Waals surface area contributed by atoms with E-state index in [0.29, 0.717) is 28.8 Å². The second-order valence-electron chi connectivity index (χ2n) is 3.93. The van der Waals surface area contributed by atoms with Crippen LogP contribution in [0.15, 0.2) is 24.5 Å². The van der Waals surface area contributed by atoms with Crippen molar-refractivity contribution in [3.05, 3.63) is 35.7 Å². The van der Waals surface area contributed by atoms with E-state index in [0.717, 1.165) is 5.56 Å². The number of benzene rings is 1. The van der Waals surface area contributed by atoms with Crippen molar-refractivity contribution in [3.63, 3.8) is 0 Å². The van der Waals surface area contributed by atoms with Crippen molar-refractivity contribution in [2.75, 3.05) is 12.8 Å². The van der Waals surface area contributed by atoms with Gasteiger partial charge in [0.2, 0.25) is 5.88 Å². The molecule has 2 rings (SSSR count). The smallest absolute Gasteiger partial charge is 0.227 e. The number of ether oxygens (including phenoxy) is 2. The predicted octanol–water partition coefficient (Wildman–Crippen LogP) is 1.66.